The molecule has 84 valence electrons. The average molecular weight is 221 g/mol. The third kappa shape index (κ3) is 6.12. The van der Waals surface area contributed by atoms with E-state index in [4.69, 9.17) is 4.74 Å². The van der Waals surface area contributed by atoms with Crippen LogP contribution in [0.2, 0.25) is 0 Å². The SMILES string of the molecule is COCC=CCCCS(=O)(=O)N(C)C. The zero-order chi connectivity index (χ0) is 11.0. The van der Waals surface area contributed by atoms with Crippen LogP contribution in [0, 0.1) is 0 Å². The van der Waals surface area contributed by atoms with E-state index in [0.29, 0.717) is 13.0 Å². The molecule has 0 spiro atoms. The van der Waals surface area contributed by atoms with Crippen molar-refractivity contribution in [1.29, 1.82) is 0 Å². The van der Waals surface area contributed by atoms with E-state index in [1.165, 1.54) is 4.31 Å². The highest BCUT2D eigenvalue weighted by Crippen LogP contribution is 2.00. The van der Waals surface area contributed by atoms with E-state index in [2.05, 4.69) is 0 Å². The Morgan fingerprint density at radius 2 is 1.93 bits per heavy atom. The minimum absolute atomic E-state index is 0.206. The molecule has 0 N–H and O–H groups in total. The molecule has 0 aliphatic carbocycles. The molecule has 0 saturated heterocycles. The highest BCUT2D eigenvalue weighted by molar-refractivity contribution is 7.89. The Morgan fingerprint density at radius 1 is 1.29 bits per heavy atom. The van der Waals surface area contributed by atoms with Crippen LogP contribution in [0.25, 0.3) is 0 Å². The van der Waals surface area contributed by atoms with Crippen molar-refractivity contribution in [3.63, 3.8) is 0 Å². The second-order valence-corrected chi connectivity index (χ2v) is 5.47. The average Bonchev–Trinajstić information content (AvgIpc) is 2.10. The monoisotopic (exact) mass is 221 g/mol. The number of nitrogens with zero attached hydrogens (tertiary/aromatic N) is 1. The van der Waals surface area contributed by atoms with Gasteiger partial charge in [-0.2, -0.15) is 0 Å². The maximum absolute atomic E-state index is 11.3. The van der Waals surface area contributed by atoms with Gasteiger partial charge in [-0.3, -0.25) is 0 Å². The van der Waals surface area contributed by atoms with E-state index in [1.807, 2.05) is 12.2 Å². The first-order valence-corrected chi connectivity index (χ1v) is 6.15. The van der Waals surface area contributed by atoms with Crippen molar-refractivity contribution < 1.29 is 13.2 Å². The first kappa shape index (κ1) is 13.6. The molecular weight excluding hydrogens is 202 g/mol. The zero-order valence-corrected chi connectivity index (χ0v) is 9.88. The number of unbranched alkanes of at least 4 members (excludes halogenated alkanes) is 1. The number of hydrogen-bond acceptors (Lipinski definition) is 3. The van der Waals surface area contributed by atoms with Gasteiger partial charge in [-0.05, 0) is 12.8 Å². The van der Waals surface area contributed by atoms with Gasteiger partial charge < -0.3 is 4.74 Å². The van der Waals surface area contributed by atoms with Crippen LogP contribution in [-0.4, -0.2) is 46.3 Å². The lowest BCUT2D eigenvalue weighted by Gasteiger charge is -2.09. The molecule has 0 aromatic rings. The lowest BCUT2D eigenvalue weighted by Crippen LogP contribution is -2.24. The van der Waals surface area contributed by atoms with E-state index in [1.54, 1.807) is 21.2 Å². The van der Waals surface area contributed by atoms with Crippen molar-refractivity contribution in [2.75, 3.05) is 33.6 Å². The molecule has 4 nitrogen and oxygen atoms in total. The van der Waals surface area contributed by atoms with Crippen LogP contribution in [0.4, 0.5) is 0 Å². The van der Waals surface area contributed by atoms with E-state index in [9.17, 15) is 8.42 Å². The molecule has 0 aliphatic heterocycles. The molecule has 0 heterocycles. The Balaban J connectivity index is 3.65. The van der Waals surface area contributed by atoms with E-state index < -0.39 is 10.0 Å². The van der Waals surface area contributed by atoms with Gasteiger partial charge in [0.05, 0.1) is 12.4 Å². The molecule has 0 aliphatic rings. The van der Waals surface area contributed by atoms with Gasteiger partial charge in [0, 0.05) is 21.2 Å². The molecule has 0 unspecified atom stereocenters. The summed E-state index contributed by atoms with van der Waals surface area (Å²) in [7, 11) is 1.71. The minimum Gasteiger partial charge on any atom is -0.381 e. The van der Waals surface area contributed by atoms with Crippen molar-refractivity contribution in [3.05, 3.63) is 12.2 Å². The standard InChI is InChI=1S/C9H19NO3S/c1-10(2)14(11,12)9-7-5-4-6-8-13-3/h4,6H,5,7-9H2,1-3H3. The summed E-state index contributed by atoms with van der Waals surface area (Å²) in [6.07, 6.45) is 5.26. The first-order valence-electron chi connectivity index (χ1n) is 4.55. The van der Waals surface area contributed by atoms with E-state index in [-0.39, 0.29) is 5.75 Å². The number of methoxy groups -OCH3 is 1. The smallest absolute Gasteiger partial charge is 0.213 e. The van der Waals surface area contributed by atoms with Crippen LogP contribution in [0.5, 0.6) is 0 Å². The number of sulfonamides is 1. The summed E-state index contributed by atoms with van der Waals surface area (Å²) >= 11 is 0. The van der Waals surface area contributed by atoms with Crippen LogP contribution in [0.15, 0.2) is 12.2 Å². The van der Waals surface area contributed by atoms with Crippen LogP contribution in [-0.2, 0) is 14.8 Å². The zero-order valence-electron chi connectivity index (χ0n) is 9.06. The molecule has 14 heavy (non-hydrogen) atoms. The summed E-state index contributed by atoms with van der Waals surface area (Å²) in [5.41, 5.74) is 0. The second kappa shape index (κ2) is 6.98. The van der Waals surface area contributed by atoms with Gasteiger partial charge in [0.1, 0.15) is 0 Å². The molecule has 0 amide bonds. The third-order valence-corrected chi connectivity index (χ3v) is 3.68. The molecule has 5 heteroatoms. The predicted molar refractivity (Wildman–Crippen MR) is 57.7 cm³/mol. The van der Waals surface area contributed by atoms with Crippen LogP contribution < -0.4 is 0 Å². The van der Waals surface area contributed by atoms with Crippen molar-refractivity contribution >= 4 is 10.0 Å². The molecule has 0 saturated carbocycles. The van der Waals surface area contributed by atoms with Gasteiger partial charge in [0.15, 0.2) is 0 Å². The Bertz CT molecular complexity index is 257. The van der Waals surface area contributed by atoms with E-state index >= 15 is 0 Å². The van der Waals surface area contributed by atoms with E-state index in [0.717, 1.165) is 6.42 Å². The van der Waals surface area contributed by atoms with Crippen LogP contribution in [0.1, 0.15) is 12.8 Å². The van der Waals surface area contributed by atoms with Crippen molar-refractivity contribution in [2.24, 2.45) is 0 Å². The fourth-order valence-electron chi connectivity index (χ4n) is 0.848. The molecule has 0 bridgehead atoms. The summed E-state index contributed by atoms with van der Waals surface area (Å²) in [5.74, 6) is 0.206. The number of hydrogen-bond donors (Lipinski definition) is 0. The molecular formula is C9H19NO3S. The lowest BCUT2D eigenvalue weighted by atomic mass is 10.3. The second-order valence-electron chi connectivity index (χ2n) is 3.17. The normalized spacial score (nSPS) is 12.9. The fourth-order valence-corrected chi connectivity index (χ4v) is 1.74. The summed E-state index contributed by atoms with van der Waals surface area (Å²) < 4.78 is 28.7. The van der Waals surface area contributed by atoms with Gasteiger partial charge in [-0.25, -0.2) is 12.7 Å². The number of rotatable bonds is 7. The largest absolute Gasteiger partial charge is 0.381 e. The molecule has 0 rings (SSSR count). The maximum Gasteiger partial charge on any atom is 0.213 e. The van der Waals surface area contributed by atoms with Gasteiger partial charge in [-0.1, -0.05) is 12.2 Å². The van der Waals surface area contributed by atoms with Crippen molar-refractivity contribution in [1.82, 2.24) is 4.31 Å². The number of allylic oxidation sites excluding steroid dienone is 1. The Hall–Kier alpha value is -0.390. The first-order chi connectivity index (χ1) is 6.50. The highest BCUT2D eigenvalue weighted by atomic mass is 32.2. The Kier molecular flexibility index (Phi) is 6.78. The van der Waals surface area contributed by atoms with Gasteiger partial charge in [0.25, 0.3) is 0 Å². The predicted octanol–water partition coefficient (Wildman–Crippen LogP) is 0.861. The summed E-state index contributed by atoms with van der Waals surface area (Å²) in [5, 5.41) is 0. The minimum atomic E-state index is -3.02. The van der Waals surface area contributed by atoms with Gasteiger partial charge >= 0.3 is 0 Å². The van der Waals surface area contributed by atoms with Gasteiger partial charge in [0.2, 0.25) is 10.0 Å². The molecule has 0 aromatic carbocycles. The lowest BCUT2D eigenvalue weighted by molar-refractivity contribution is 0.233. The van der Waals surface area contributed by atoms with Crippen LogP contribution >= 0.6 is 0 Å². The summed E-state index contributed by atoms with van der Waals surface area (Å²) in [6.45, 7) is 0.584. The van der Waals surface area contributed by atoms with Crippen LogP contribution in [0.3, 0.4) is 0 Å². The van der Waals surface area contributed by atoms with Crippen molar-refractivity contribution in [3.8, 4) is 0 Å². The Morgan fingerprint density at radius 3 is 2.43 bits per heavy atom. The van der Waals surface area contributed by atoms with Gasteiger partial charge in [-0.15, -0.1) is 0 Å². The molecule has 0 aromatic heterocycles. The summed E-state index contributed by atoms with van der Waals surface area (Å²) in [4.78, 5) is 0. The Labute approximate surface area is 86.6 Å². The summed E-state index contributed by atoms with van der Waals surface area (Å²) in [6, 6.07) is 0. The molecule has 0 radical (unpaired) electrons. The third-order valence-electron chi connectivity index (χ3n) is 1.76. The highest BCUT2D eigenvalue weighted by Gasteiger charge is 2.11. The molecule has 0 fully saturated rings. The number of ether oxygens (including phenoxy) is 1. The fraction of sp³-hybridized carbons (Fsp3) is 0.778. The maximum atomic E-state index is 11.3. The van der Waals surface area contributed by atoms with Crippen molar-refractivity contribution in [2.45, 2.75) is 12.8 Å². The topological polar surface area (TPSA) is 46.6 Å². The quantitative estimate of drug-likeness (QED) is 0.473. The molecule has 0 atom stereocenters.